The van der Waals surface area contributed by atoms with Crippen molar-refractivity contribution < 1.29 is 4.74 Å². The fourth-order valence-electron chi connectivity index (χ4n) is 10.5. The van der Waals surface area contributed by atoms with Gasteiger partial charge in [0.15, 0.2) is 5.82 Å². The molecule has 1 aliphatic heterocycles. The third-order valence-electron chi connectivity index (χ3n) is 13.1. The number of ether oxygens (including phenoxy) is 1. The molecular formula is C57H40N2O. The van der Waals surface area contributed by atoms with Gasteiger partial charge in [-0.05, 0) is 91.7 Å². The van der Waals surface area contributed by atoms with Gasteiger partial charge in [-0.3, -0.25) is 0 Å². The molecule has 0 unspecified atom stereocenters. The van der Waals surface area contributed by atoms with E-state index in [1.54, 1.807) is 0 Å². The molecule has 60 heavy (non-hydrogen) atoms. The highest BCUT2D eigenvalue weighted by atomic mass is 16.5. The number of para-hydroxylation sites is 1. The zero-order valence-corrected chi connectivity index (χ0v) is 33.5. The summed E-state index contributed by atoms with van der Waals surface area (Å²) in [5, 5.41) is 0. The van der Waals surface area contributed by atoms with Gasteiger partial charge >= 0.3 is 0 Å². The lowest BCUT2D eigenvalue weighted by Crippen LogP contribution is -2.32. The van der Waals surface area contributed by atoms with Crippen LogP contribution in [0.15, 0.2) is 194 Å². The van der Waals surface area contributed by atoms with Crippen molar-refractivity contribution in [2.24, 2.45) is 0 Å². The summed E-state index contributed by atoms with van der Waals surface area (Å²) >= 11 is 0. The van der Waals surface area contributed by atoms with Crippen LogP contribution in [0.1, 0.15) is 47.2 Å². The molecule has 284 valence electrons. The van der Waals surface area contributed by atoms with E-state index in [0.29, 0.717) is 5.82 Å². The molecule has 3 aliphatic rings. The Morgan fingerprint density at radius 3 is 1.63 bits per heavy atom. The first-order valence-corrected chi connectivity index (χ1v) is 20.9. The van der Waals surface area contributed by atoms with Gasteiger partial charge in [-0.25, -0.2) is 9.97 Å². The van der Waals surface area contributed by atoms with Crippen LogP contribution in [0.5, 0.6) is 11.5 Å². The zero-order valence-electron chi connectivity index (χ0n) is 33.5. The van der Waals surface area contributed by atoms with Gasteiger partial charge in [0.05, 0.1) is 16.8 Å². The van der Waals surface area contributed by atoms with E-state index >= 15 is 0 Å². The minimum absolute atomic E-state index is 0.0258. The van der Waals surface area contributed by atoms with E-state index in [1.807, 2.05) is 6.07 Å². The first-order valence-electron chi connectivity index (χ1n) is 20.9. The predicted molar refractivity (Wildman–Crippen MR) is 243 cm³/mol. The van der Waals surface area contributed by atoms with Crippen LogP contribution in [-0.2, 0) is 17.3 Å². The van der Waals surface area contributed by atoms with Crippen LogP contribution in [-0.4, -0.2) is 9.97 Å². The predicted octanol–water partition coefficient (Wildman–Crippen LogP) is 14.1. The molecule has 0 bridgehead atoms. The fraction of sp³-hybridized carbons (Fsp3) is 0.0877. The van der Waals surface area contributed by atoms with Gasteiger partial charge in [0.2, 0.25) is 0 Å². The van der Waals surface area contributed by atoms with Crippen molar-refractivity contribution in [2.75, 3.05) is 0 Å². The van der Waals surface area contributed by atoms with Gasteiger partial charge in [-0.1, -0.05) is 184 Å². The monoisotopic (exact) mass is 768 g/mol. The van der Waals surface area contributed by atoms with Crippen LogP contribution < -0.4 is 4.74 Å². The van der Waals surface area contributed by atoms with Crippen LogP contribution >= 0.6 is 0 Å². The SMILES string of the molecule is CC1(C)Cc2cc(-c3cc(-c4ccccc4)nc(-c4ccccc4-c4ccc5c(c4)Oc4ccccc4C54c5ccccc5-c5ccccc54)n3)ccc2-c2ccccc21. The Balaban J connectivity index is 1.02. The zero-order chi connectivity index (χ0) is 40.0. The lowest BCUT2D eigenvalue weighted by Gasteiger charge is -2.39. The standard InChI is InChI=1S/C57H40N2O/c1-56(2)35-39-32-38(28-30-41(39)42-19-8-11-23-46(42)56)52-34-51(36-16-4-3-5-17-36)58-55(59-52)45-22-7-6-18-40(45)37-29-31-50-54(33-37)60-53-27-15-14-26-49(53)57(50)47-24-12-9-20-43(47)44-21-10-13-25-48(44)57/h3-34H,35H2,1-2H3. The Morgan fingerprint density at radius 1 is 0.383 bits per heavy atom. The van der Waals surface area contributed by atoms with Crippen molar-refractivity contribution in [3.63, 3.8) is 0 Å². The second-order valence-electron chi connectivity index (χ2n) is 17.0. The Kier molecular flexibility index (Phi) is 7.55. The van der Waals surface area contributed by atoms with Crippen LogP contribution in [0.25, 0.3) is 67.3 Å². The smallest absolute Gasteiger partial charge is 0.161 e. The third kappa shape index (κ3) is 5.09. The van der Waals surface area contributed by atoms with Gasteiger partial charge in [0, 0.05) is 27.8 Å². The highest BCUT2D eigenvalue weighted by molar-refractivity contribution is 5.90. The van der Waals surface area contributed by atoms with Crippen molar-refractivity contribution in [1.82, 2.24) is 9.97 Å². The molecule has 0 fully saturated rings. The van der Waals surface area contributed by atoms with Gasteiger partial charge in [-0.2, -0.15) is 0 Å². The van der Waals surface area contributed by atoms with E-state index in [1.165, 1.54) is 44.5 Å². The van der Waals surface area contributed by atoms with Crippen LogP contribution in [0.3, 0.4) is 0 Å². The van der Waals surface area contributed by atoms with Crippen LogP contribution in [0.4, 0.5) is 0 Å². The second-order valence-corrected chi connectivity index (χ2v) is 17.0. The highest BCUT2D eigenvalue weighted by Crippen LogP contribution is 2.62. The first kappa shape index (κ1) is 34.7. The summed E-state index contributed by atoms with van der Waals surface area (Å²) in [5.41, 5.74) is 19.3. The quantitative estimate of drug-likeness (QED) is 0.179. The molecule has 3 heteroatoms. The largest absolute Gasteiger partial charge is 0.457 e. The molecule has 9 aromatic rings. The molecule has 0 N–H and O–H groups in total. The number of aromatic nitrogens is 2. The summed E-state index contributed by atoms with van der Waals surface area (Å²) in [6, 6.07) is 69.9. The molecule has 12 rings (SSSR count). The molecule has 2 aliphatic carbocycles. The number of fused-ring (bicyclic) bond motifs is 12. The van der Waals surface area contributed by atoms with Crippen molar-refractivity contribution in [3.8, 4) is 78.8 Å². The Morgan fingerprint density at radius 2 is 0.917 bits per heavy atom. The molecule has 1 aromatic heterocycles. The Hall–Kier alpha value is -7.36. The van der Waals surface area contributed by atoms with E-state index in [9.17, 15) is 0 Å². The summed E-state index contributed by atoms with van der Waals surface area (Å²) in [6.07, 6.45) is 0.961. The van der Waals surface area contributed by atoms with Crippen LogP contribution in [0.2, 0.25) is 0 Å². The molecule has 8 aromatic carbocycles. The molecule has 0 atom stereocenters. The fourth-order valence-corrected chi connectivity index (χ4v) is 10.5. The maximum Gasteiger partial charge on any atom is 0.161 e. The Bertz CT molecular complexity index is 3150. The molecule has 0 radical (unpaired) electrons. The van der Waals surface area contributed by atoms with E-state index in [-0.39, 0.29) is 5.41 Å². The number of hydrogen-bond acceptors (Lipinski definition) is 3. The first-order chi connectivity index (χ1) is 29.5. The highest BCUT2D eigenvalue weighted by Gasteiger charge is 2.51. The average Bonchev–Trinajstić information content (AvgIpc) is 3.59. The molecule has 1 spiro atoms. The van der Waals surface area contributed by atoms with Gasteiger partial charge in [0.1, 0.15) is 11.5 Å². The topological polar surface area (TPSA) is 35.0 Å². The summed E-state index contributed by atoms with van der Waals surface area (Å²) in [7, 11) is 0. The molecule has 2 heterocycles. The number of benzene rings is 8. The third-order valence-corrected chi connectivity index (χ3v) is 13.1. The minimum Gasteiger partial charge on any atom is -0.457 e. The molecule has 3 nitrogen and oxygen atoms in total. The summed E-state index contributed by atoms with van der Waals surface area (Å²) in [4.78, 5) is 10.7. The van der Waals surface area contributed by atoms with E-state index in [0.717, 1.165) is 68.3 Å². The number of rotatable bonds is 4. The Labute approximate surface area is 350 Å². The number of hydrogen-bond donors (Lipinski definition) is 0. The normalized spacial score (nSPS) is 14.5. The van der Waals surface area contributed by atoms with Crippen molar-refractivity contribution in [1.29, 1.82) is 0 Å². The lowest BCUT2D eigenvalue weighted by atomic mass is 9.66. The second kappa shape index (κ2) is 13.1. The van der Waals surface area contributed by atoms with Crippen molar-refractivity contribution in [3.05, 3.63) is 228 Å². The van der Waals surface area contributed by atoms with Gasteiger partial charge in [-0.15, -0.1) is 0 Å². The van der Waals surface area contributed by atoms with E-state index < -0.39 is 5.41 Å². The molecule has 0 amide bonds. The summed E-state index contributed by atoms with van der Waals surface area (Å²) in [6.45, 7) is 4.70. The maximum atomic E-state index is 6.91. The molecule has 0 saturated carbocycles. The summed E-state index contributed by atoms with van der Waals surface area (Å²) < 4.78 is 6.91. The van der Waals surface area contributed by atoms with Gasteiger partial charge in [0.25, 0.3) is 0 Å². The lowest BCUT2D eigenvalue weighted by molar-refractivity contribution is 0.436. The minimum atomic E-state index is -0.510. The van der Waals surface area contributed by atoms with E-state index in [2.05, 4.69) is 202 Å². The summed E-state index contributed by atoms with van der Waals surface area (Å²) in [5.74, 6) is 2.41. The van der Waals surface area contributed by atoms with Crippen molar-refractivity contribution >= 4 is 0 Å². The number of nitrogens with zero attached hydrogens (tertiary/aromatic N) is 2. The molecular weight excluding hydrogens is 729 g/mol. The van der Waals surface area contributed by atoms with E-state index in [4.69, 9.17) is 14.7 Å². The maximum absolute atomic E-state index is 6.91. The van der Waals surface area contributed by atoms with Crippen LogP contribution in [0, 0.1) is 0 Å². The molecule has 0 saturated heterocycles. The van der Waals surface area contributed by atoms with Gasteiger partial charge < -0.3 is 4.74 Å². The average molecular weight is 769 g/mol. The van der Waals surface area contributed by atoms with Crippen molar-refractivity contribution in [2.45, 2.75) is 31.1 Å².